The maximum Gasteiger partial charge on any atom is 0.120 e. The van der Waals surface area contributed by atoms with Crippen molar-refractivity contribution >= 4 is 21.6 Å². The highest BCUT2D eigenvalue weighted by molar-refractivity contribution is 9.10. The Bertz CT molecular complexity index is 543. The van der Waals surface area contributed by atoms with Gasteiger partial charge in [-0.15, -0.1) is 0 Å². The number of hydrogen-bond donors (Lipinski definition) is 1. The second-order valence-corrected chi connectivity index (χ2v) is 5.69. The van der Waals surface area contributed by atoms with E-state index in [9.17, 15) is 0 Å². The van der Waals surface area contributed by atoms with E-state index in [0.717, 1.165) is 29.6 Å². The number of halogens is 1. The SMILES string of the molecule is Brc1cccc(OC2CCc3ccccc3NC2)c1. The Hall–Kier alpha value is -1.48. The second kappa shape index (κ2) is 5.66. The highest BCUT2D eigenvalue weighted by atomic mass is 79.9. The van der Waals surface area contributed by atoms with Gasteiger partial charge in [0.05, 0.1) is 6.54 Å². The molecule has 1 atom stereocenters. The zero-order chi connectivity index (χ0) is 13.1. The van der Waals surface area contributed by atoms with Crippen molar-refractivity contribution in [3.05, 3.63) is 58.6 Å². The molecule has 1 aliphatic rings. The van der Waals surface area contributed by atoms with Gasteiger partial charge in [-0.1, -0.05) is 40.2 Å². The minimum Gasteiger partial charge on any atom is -0.489 e. The third-order valence-electron chi connectivity index (χ3n) is 3.37. The number of benzene rings is 2. The molecule has 0 aromatic heterocycles. The van der Waals surface area contributed by atoms with Crippen molar-refractivity contribution in [3.8, 4) is 5.75 Å². The van der Waals surface area contributed by atoms with Gasteiger partial charge in [0.1, 0.15) is 11.9 Å². The number of rotatable bonds is 2. The number of anilines is 1. The zero-order valence-electron chi connectivity index (χ0n) is 10.6. The van der Waals surface area contributed by atoms with Crippen molar-refractivity contribution in [2.24, 2.45) is 0 Å². The van der Waals surface area contributed by atoms with E-state index in [1.165, 1.54) is 11.3 Å². The third kappa shape index (κ3) is 3.10. The van der Waals surface area contributed by atoms with E-state index in [1.807, 2.05) is 24.3 Å². The summed E-state index contributed by atoms with van der Waals surface area (Å²) < 4.78 is 7.11. The van der Waals surface area contributed by atoms with Crippen molar-refractivity contribution in [3.63, 3.8) is 0 Å². The zero-order valence-corrected chi connectivity index (χ0v) is 12.2. The Labute approximate surface area is 121 Å². The van der Waals surface area contributed by atoms with Gasteiger partial charge in [-0.3, -0.25) is 0 Å². The fourth-order valence-electron chi connectivity index (χ4n) is 2.39. The highest BCUT2D eigenvalue weighted by Crippen LogP contribution is 2.24. The average molecular weight is 318 g/mol. The van der Waals surface area contributed by atoms with Crippen LogP contribution < -0.4 is 10.1 Å². The van der Waals surface area contributed by atoms with E-state index in [0.29, 0.717) is 0 Å². The number of ether oxygens (including phenoxy) is 1. The lowest BCUT2D eigenvalue weighted by molar-refractivity contribution is 0.206. The van der Waals surface area contributed by atoms with E-state index >= 15 is 0 Å². The van der Waals surface area contributed by atoms with Crippen molar-refractivity contribution in [2.75, 3.05) is 11.9 Å². The van der Waals surface area contributed by atoms with Crippen LogP contribution in [0.1, 0.15) is 12.0 Å². The van der Waals surface area contributed by atoms with E-state index in [1.54, 1.807) is 0 Å². The van der Waals surface area contributed by atoms with E-state index in [2.05, 4.69) is 45.5 Å². The number of hydrogen-bond acceptors (Lipinski definition) is 2. The lowest BCUT2D eigenvalue weighted by Gasteiger charge is -2.17. The summed E-state index contributed by atoms with van der Waals surface area (Å²) in [5.41, 5.74) is 2.62. The predicted octanol–water partition coefficient (Wildman–Crippen LogP) is 4.25. The minimum absolute atomic E-state index is 0.210. The summed E-state index contributed by atoms with van der Waals surface area (Å²) in [7, 11) is 0. The van der Waals surface area contributed by atoms with Gasteiger partial charge in [0.2, 0.25) is 0 Å². The predicted molar refractivity (Wildman–Crippen MR) is 81.8 cm³/mol. The summed E-state index contributed by atoms with van der Waals surface area (Å²) >= 11 is 3.47. The Kier molecular flexibility index (Phi) is 3.74. The van der Waals surface area contributed by atoms with E-state index in [-0.39, 0.29) is 6.10 Å². The molecule has 1 N–H and O–H groups in total. The van der Waals surface area contributed by atoms with Gasteiger partial charge in [0, 0.05) is 10.2 Å². The maximum atomic E-state index is 6.05. The molecule has 2 aromatic carbocycles. The number of para-hydroxylation sites is 1. The molecule has 0 saturated heterocycles. The van der Waals surface area contributed by atoms with Crippen LogP contribution in [0.5, 0.6) is 5.75 Å². The molecule has 1 unspecified atom stereocenters. The summed E-state index contributed by atoms with van der Waals surface area (Å²) in [4.78, 5) is 0. The summed E-state index contributed by atoms with van der Waals surface area (Å²) in [6, 6.07) is 16.5. The van der Waals surface area contributed by atoms with Crippen LogP contribution >= 0.6 is 15.9 Å². The Balaban J connectivity index is 1.69. The Morgan fingerprint density at radius 3 is 2.89 bits per heavy atom. The molecule has 0 spiro atoms. The van der Waals surface area contributed by atoms with Gasteiger partial charge < -0.3 is 10.1 Å². The Morgan fingerprint density at radius 2 is 2.00 bits per heavy atom. The van der Waals surface area contributed by atoms with Crippen LogP contribution in [0.15, 0.2) is 53.0 Å². The van der Waals surface area contributed by atoms with Crippen LogP contribution in [0.4, 0.5) is 5.69 Å². The topological polar surface area (TPSA) is 21.3 Å². The molecule has 0 bridgehead atoms. The van der Waals surface area contributed by atoms with E-state index < -0.39 is 0 Å². The number of aryl methyl sites for hydroxylation is 1. The molecule has 2 nitrogen and oxygen atoms in total. The lowest BCUT2D eigenvalue weighted by atomic mass is 10.1. The molecule has 98 valence electrons. The van der Waals surface area contributed by atoms with E-state index in [4.69, 9.17) is 4.74 Å². The summed E-state index contributed by atoms with van der Waals surface area (Å²) in [6.45, 7) is 0.851. The normalized spacial score (nSPS) is 18.1. The molecular formula is C16H16BrNO. The van der Waals surface area contributed by atoms with Crippen LogP contribution in [0.3, 0.4) is 0 Å². The first kappa shape index (κ1) is 12.5. The van der Waals surface area contributed by atoms with Crippen LogP contribution in [-0.2, 0) is 6.42 Å². The van der Waals surface area contributed by atoms with Crippen LogP contribution in [-0.4, -0.2) is 12.6 Å². The molecule has 0 fully saturated rings. The molecular weight excluding hydrogens is 302 g/mol. The van der Waals surface area contributed by atoms with Gasteiger partial charge in [-0.2, -0.15) is 0 Å². The highest BCUT2D eigenvalue weighted by Gasteiger charge is 2.16. The second-order valence-electron chi connectivity index (χ2n) is 4.77. The molecule has 3 heteroatoms. The largest absolute Gasteiger partial charge is 0.489 e. The van der Waals surface area contributed by atoms with Gasteiger partial charge in [-0.25, -0.2) is 0 Å². The molecule has 2 aromatic rings. The van der Waals surface area contributed by atoms with Crippen molar-refractivity contribution in [1.29, 1.82) is 0 Å². The van der Waals surface area contributed by atoms with Crippen molar-refractivity contribution in [1.82, 2.24) is 0 Å². The molecule has 19 heavy (non-hydrogen) atoms. The van der Waals surface area contributed by atoms with Gasteiger partial charge in [0.15, 0.2) is 0 Å². The summed E-state index contributed by atoms with van der Waals surface area (Å²) in [5.74, 6) is 0.923. The van der Waals surface area contributed by atoms with Crippen LogP contribution in [0.2, 0.25) is 0 Å². The first-order valence-electron chi connectivity index (χ1n) is 6.55. The van der Waals surface area contributed by atoms with Gasteiger partial charge in [0.25, 0.3) is 0 Å². The average Bonchev–Trinajstić information content (AvgIpc) is 2.62. The molecule has 0 aliphatic carbocycles. The quantitative estimate of drug-likeness (QED) is 0.893. The van der Waals surface area contributed by atoms with Crippen LogP contribution in [0, 0.1) is 0 Å². The molecule has 0 saturated carbocycles. The van der Waals surface area contributed by atoms with Gasteiger partial charge >= 0.3 is 0 Å². The fraction of sp³-hybridized carbons (Fsp3) is 0.250. The Morgan fingerprint density at radius 1 is 1.11 bits per heavy atom. The fourth-order valence-corrected chi connectivity index (χ4v) is 2.76. The molecule has 1 heterocycles. The van der Waals surface area contributed by atoms with Crippen molar-refractivity contribution < 1.29 is 4.74 Å². The van der Waals surface area contributed by atoms with Crippen molar-refractivity contribution in [2.45, 2.75) is 18.9 Å². The summed E-state index contributed by atoms with van der Waals surface area (Å²) in [6.07, 6.45) is 2.31. The molecule has 1 aliphatic heterocycles. The standard InChI is InChI=1S/C16H16BrNO/c17-13-5-3-6-14(10-13)19-15-9-8-12-4-1-2-7-16(12)18-11-15/h1-7,10,15,18H,8-9,11H2. The third-order valence-corrected chi connectivity index (χ3v) is 3.87. The first-order chi connectivity index (χ1) is 9.31. The summed E-state index contributed by atoms with van der Waals surface area (Å²) in [5, 5.41) is 3.47. The molecule has 0 amide bonds. The smallest absolute Gasteiger partial charge is 0.120 e. The lowest BCUT2D eigenvalue weighted by Crippen LogP contribution is -2.24. The molecule has 3 rings (SSSR count). The first-order valence-corrected chi connectivity index (χ1v) is 7.34. The number of fused-ring (bicyclic) bond motifs is 1. The maximum absolute atomic E-state index is 6.05. The van der Waals surface area contributed by atoms with Gasteiger partial charge in [-0.05, 0) is 42.7 Å². The minimum atomic E-state index is 0.210. The monoisotopic (exact) mass is 317 g/mol. The van der Waals surface area contributed by atoms with Crippen LogP contribution in [0.25, 0.3) is 0 Å². The molecule has 0 radical (unpaired) electrons. The number of nitrogens with one attached hydrogen (secondary N) is 1.